The van der Waals surface area contributed by atoms with E-state index in [0.29, 0.717) is 29.1 Å². The molecule has 2 heterocycles. The molecule has 0 amide bonds. The molecule has 0 unspecified atom stereocenters. The Kier molecular flexibility index (Phi) is 5.17. The Bertz CT molecular complexity index is 1040. The van der Waals surface area contributed by atoms with Crippen molar-refractivity contribution in [2.45, 2.75) is 11.8 Å². The first kappa shape index (κ1) is 17.9. The number of fused-ring (bicyclic) bond motifs is 1. The van der Waals surface area contributed by atoms with Crippen LogP contribution in [0, 0.1) is 11.3 Å². The van der Waals surface area contributed by atoms with Crippen molar-refractivity contribution in [2.24, 2.45) is 0 Å². The first-order valence-electron chi connectivity index (χ1n) is 8.46. The molecule has 0 saturated heterocycles. The molecule has 0 fully saturated rings. The van der Waals surface area contributed by atoms with E-state index in [9.17, 15) is 5.26 Å². The van der Waals surface area contributed by atoms with Gasteiger partial charge in [0.2, 0.25) is 12.7 Å². The lowest BCUT2D eigenvalue weighted by Gasteiger charge is -2.13. The number of benzene rings is 2. The molecule has 0 aliphatic carbocycles. The SMILES string of the molecule is CSc1nc(Nc2ccc3c(c2)OCO3)c(C#N)c(OCc2ccccc2)n1. The Morgan fingerprint density at radius 3 is 2.75 bits per heavy atom. The summed E-state index contributed by atoms with van der Waals surface area (Å²) in [5.74, 6) is 1.95. The lowest BCUT2D eigenvalue weighted by molar-refractivity contribution is 0.174. The highest BCUT2D eigenvalue weighted by Gasteiger charge is 2.18. The number of nitriles is 1. The Labute approximate surface area is 166 Å². The summed E-state index contributed by atoms with van der Waals surface area (Å²) < 4.78 is 16.6. The number of hydrogen-bond acceptors (Lipinski definition) is 8. The normalized spacial score (nSPS) is 11.7. The number of nitrogens with one attached hydrogen (secondary N) is 1. The summed E-state index contributed by atoms with van der Waals surface area (Å²) in [6, 6.07) is 17.3. The van der Waals surface area contributed by atoms with Crippen LogP contribution in [0.4, 0.5) is 11.5 Å². The van der Waals surface area contributed by atoms with Gasteiger partial charge in [0.15, 0.2) is 28.0 Å². The van der Waals surface area contributed by atoms with Crippen LogP contribution in [0.2, 0.25) is 0 Å². The average molecular weight is 392 g/mol. The van der Waals surface area contributed by atoms with Gasteiger partial charge in [-0.1, -0.05) is 42.1 Å². The van der Waals surface area contributed by atoms with Gasteiger partial charge in [-0.05, 0) is 24.0 Å². The van der Waals surface area contributed by atoms with Crippen molar-refractivity contribution in [1.82, 2.24) is 9.97 Å². The number of thioether (sulfide) groups is 1. The van der Waals surface area contributed by atoms with E-state index in [4.69, 9.17) is 14.2 Å². The van der Waals surface area contributed by atoms with Crippen molar-refractivity contribution < 1.29 is 14.2 Å². The lowest BCUT2D eigenvalue weighted by atomic mass is 10.2. The zero-order valence-corrected chi connectivity index (χ0v) is 15.8. The summed E-state index contributed by atoms with van der Waals surface area (Å²) in [4.78, 5) is 8.79. The largest absolute Gasteiger partial charge is 0.472 e. The fourth-order valence-corrected chi connectivity index (χ4v) is 3.00. The smallest absolute Gasteiger partial charge is 0.238 e. The zero-order valence-electron chi connectivity index (χ0n) is 15.0. The maximum absolute atomic E-state index is 9.69. The Hall–Kier alpha value is -3.44. The van der Waals surface area contributed by atoms with E-state index < -0.39 is 0 Å². The summed E-state index contributed by atoms with van der Waals surface area (Å²) in [5.41, 5.74) is 1.95. The predicted octanol–water partition coefficient (Wildman–Crippen LogP) is 4.12. The van der Waals surface area contributed by atoms with Crippen LogP contribution < -0.4 is 19.5 Å². The van der Waals surface area contributed by atoms with Gasteiger partial charge in [-0.3, -0.25) is 0 Å². The van der Waals surface area contributed by atoms with E-state index >= 15 is 0 Å². The molecule has 0 radical (unpaired) electrons. The first-order chi connectivity index (χ1) is 13.8. The molecule has 1 aliphatic heterocycles. The Morgan fingerprint density at radius 2 is 1.96 bits per heavy atom. The van der Waals surface area contributed by atoms with Crippen molar-refractivity contribution >= 4 is 23.3 Å². The van der Waals surface area contributed by atoms with E-state index in [1.165, 1.54) is 11.8 Å². The molecule has 2 aromatic carbocycles. The third kappa shape index (κ3) is 3.80. The lowest BCUT2D eigenvalue weighted by Crippen LogP contribution is -2.06. The van der Waals surface area contributed by atoms with Crippen LogP contribution in [0.25, 0.3) is 0 Å². The summed E-state index contributed by atoms with van der Waals surface area (Å²) in [5, 5.41) is 13.4. The minimum Gasteiger partial charge on any atom is -0.472 e. The second kappa shape index (κ2) is 8.06. The number of aromatic nitrogens is 2. The van der Waals surface area contributed by atoms with Gasteiger partial charge in [0, 0.05) is 11.8 Å². The standard InChI is InChI=1S/C20H16N4O3S/c1-28-20-23-18(22-14-7-8-16-17(9-14)27-12-26-16)15(10-21)19(24-20)25-11-13-5-3-2-4-6-13/h2-9H,11-12H2,1H3,(H,22,23,24). The fourth-order valence-electron chi connectivity index (χ4n) is 2.64. The molecule has 7 nitrogen and oxygen atoms in total. The first-order valence-corrected chi connectivity index (χ1v) is 9.69. The molecule has 0 spiro atoms. The maximum Gasteiger partial charge on any atom is 0.238 e. The molecule has 0 atom stereocenters. The molecule has 28 heavy (non-hydrogen) atoms. The van der Waals surface area contributed by atoms with Gasteiger partial charge >= 0.3 is 0 Å². The number of hydrogen-bond donors (Lipinski definition) is 1. The van der Waals surface area contributed by atoms with Crippen LogP contribution in [-0.2, 0) is 6.61 Å². The van der Waals surface area contributed by atoms with Crippen LogP contribution in [0.15, 0.2) is 53.7 Å². The van der Waals surface area contributed by atoms with E-state index in [-0.39, 0.29) is 18.2 Å². The van der Waals surface area contributed by atoms with Crippen molar-refractivity contribution in [2.75, 3.05) is 18.4 Å². The highest BCUT2D eigenvalue weighted by atomic mass is 32.2. The molecule has 3 aromatic rings. The number of anilines is 2. The van der Waals surface area contributed by atoms with Crippen molar-refractivity contribution in [1.29, 1.82) is 5.26 Å². The number of nitrogens with zero attached hydrogens (tertiary/aromatic N) is 3. The summed E-state index contributed by atoms with van der Waals surface area (Å²) >= 11 is 1.37. The molecule has 1 aromatic heterocycles. The molecular formula is C20H16N4O3S. The molecule has 140 valence electrons. The predicted molar refractivity (Wildman–Crippen MR) is 105 cm³/mol. The molecule has 1 N–H and O–H groups in total. The summed E-state index contributed by atoms with van der Waals surface area (Å²) in [6.07, 6.45) is 1.87. The van der Waals surface area contributed by atoms with Gasteiger partial charge in [0.05, 0.1) is 0 Å². The molecular weight excluding hydrogens is 376 g/mol. The zero-order chi connectivity index (χ0) is 19.3. The van der Waals surface area contributed by atoms with Crippen molar-refractivity contribution in [3.63, 3.8) is 0 Å². The van der Waals surface area contributed by atoms with Crippen molar-refractivity contribution in [3.8, 4) is 23.4 Å². The average Bonchev–Trinajstić information content (AvgIpc) is 3.20. The summed E-state index contributed by atoms with van der Waals surface area (Å²) in [7, 11) is 0. The minimum atomic E-state index is 0.198. The van der Waals surface area contributed by atoms with E-state index in [1.54, 1.807) is 12.1 Å². The van der Waals surface area contributed by atoms with Gasteiger partial charge in [-0.25, -0.2) is 4.98 Å². The van der Waals surface area contributed by atoms with Crippen LogP contribution in [0.3, 0.4) is 0 Å². The van der Waals surface area contributed by atoms with Crippen molar-refractivity contribution in [3.05, 3.63) is 59.7 Å². The highest BCUT2D eigenvalue weighted by Crippen LogP contribution is 2.36. The van der Waals surface area contributed by atoms with Crippen LogP contribution in [0.1, 0.15) is 11.1 Å². The van der Waals surface area contributed by atoms with Gasteiger partial charge in [-0.15, -0.1) is 0 Å². The van der Waals surface area contributed by atoms with Crippen LogP contribution >= 0.6 is 11.8 Å². The Morgan fingerprint density at radius 1 is 1.14 bits per heavy atom. The highest BCUT2D eigenvalue weighted by molar-refractivity contribution is 7.98. The minimum absolute atomic E-state index is 0.198. The molecule has 4 rings (SSSR count). The Balaban J connectivity index is 1.63. The van der Waals surface area contributed by atoms with Gasteiger partial charge in [-0.2, -0.15) is 10.2 Å². The third-order valence-electron chi connectivity index (χ3n) is 4.00. The maximum atomic E-state index is 9.69. The quantitative estimate of drug-likeness (QED) is 0.495. The van der Waals surface area contributed by atoms with Gasteiger partial charge in [0.25, 0.3) is 0 Å². The molecule has 1 aliphatic rings. The van der Waals surface area contributed by atoms with Crippen LogP contribution in [0.5, 0.6) is 17.4 Å². The monoisotopic (exact) mass is 392 g/mol. The van der Waals surface area contributed by atoms with E-state index in [2.05, 4.69) is 21.4 Å². The van der Waals surface area contributed by atoms with Gasteiger partial charge in [0.1, 0.15) is 12.7 Å². The summed E-state index contributed by atoms with van der Waals surface area (Å²) in [6.45, 7) is 0.508. The topological polar surface area (TPSA) is 89.3 Å². The molecule has 0 bridgehead atoms. The van der Waals surface area contributed by atoms with E-state index in [1.807, 2.05) is 42.7 Å². The molecule has 0 saturated carbocycles. The third-order valence-corrected chi connectivity index (χ3v) is 4.55. The number of rotatable bonds is 6. The second-order valence-corrected chi connectivity index (χ2v) is 6.59. The van der Waals surface area contributed by atoms with E-state index in [0.717, 1.165) is 11.3 Å². The number of ether oxygens (including phenoxy) is 3. The second-order valence-electron chi connectivity index (χ2n) is 5.82. The van der Waals surface area contributed by atoms with Crippen LogP contribution in [-0.4, -0.2) is 23.0 Å². The van der Waals surface area contributed by atoms with Gasteiger partial charge < -0.3 is 19.5 Å². The molecule has 8 heteroatoms. The fraction of sp³-hybridized carbons (Fsp3) is 0.150.